The molecule has 0 aromatic carbocycles. The maximum Gasteiger partial charge on any atom is 0.229 e. The van der Waals surface area contributed by atoms with E-state index in [1.807, 2.05) is 13.8 Å². The molecule has 2 rings (SSSR count). The van der Waals surface area contributed by atoms with Gasteiger partial charge in [-0.05, 0) is 13.3 Å². The molecule has 0 aliphatic heterocycles. The van der Waals surface area contributed by atoms with E-state index in [-0.39, 0.29) is 5.43 Å². The fourth-order valence-corrected chi connectivity index (χ4v) is 1.45. The Morgan fingerprint density at radius 2 is 2.38 bits per heavy atom. The van der Waals surface area contributed by atoms with E-state index in [1.54, 1.807) is 0 Å². The number of aromatic nitrogens is 4. The average molecular weight is 178 g/mol. The van der Waals surface area contributed by atoms with Crippen molar-refractivity contribution in [3.63, 3.8) is 0 Å². The molecule has 0 unspecified atom stereocenters. The van der Waals surface area contributed by atoms with Crippen LogP contribution in [0.5, 0.6) is 0 Å². The zero-order chi connectivity index (χ0) is 9.42. The van der Waals surface area contributed by atoms with Crippen molar-refractivity contribution in [1.82, 2.24) is 19.8 Å². The van der Waals surface area contributed by atoms with Crippen molar-refractivity contribution in [3.8, 4) is 0 Å². The summed E-state index contributed by atoms with van der Waals surface area (Å²) in [6, 6.07) is 0. The van der Waals surface area contributed by atoms with Gasteiger partial charge in [-0.15, -0.1) is 10.2 Å². The number of hydrogen-bond acceptors (Lipinski definition) is 3. The van der Waals surface area contributed by atoms with Crippen LogP contribution in [0.2, 0.25) is 0 Å². The predicted octanol–water partition coefficient (Wildman–Crippen LogP) is 0.288. The molecule has 0 aliphatic carbocycles. The summed E-state index contributed by atoms with van der Waals surface area (Å²) in [5.74, 6) is 0. The molecule has 0 bridgehead atoms. The minimum Gasteiger partial charge on any atom is -0.295 e. The van der Waals surface area contributed by atoms with Crippen LogP contribution in [0.4, 0.5) is 0 Å². The lowest BCUT2D eigenvalue weighted by molar-refractivity contribution is 0.860. The van der Waals surface area contributed by atoms with Crippen LogP contribution in [0.3, 0.4) is 0 Å². The van der Waals surface area contributed by atoms with E-state index in [9.17, 15) is 4.79 Å². The van der Waals surface area contributed by atoms with Crippen LogP contribution in [-0.4, -0.2) is 19.8 Å². The Hall–Kier alpha value is -1.65. The summed E-state index contributed by atoms with van der Waals surface area (Å²) in [5.41, 5.74) is 1.99. The van der Waals surface area contributed by atoms with Gasteiger partial charge in [0.05, 0.1) is 0 Å². The van der Waals surface area contributed by atoms with Gasteiger partial charge in [-0.25, -0.2) is 4.52 Å². The second kappa shape index (κ2) is 2.69. The first-order valence-electron chi connectivity index (χ1n) is 4.15. The normalized spacial score (nSPS) is 10.9. The van der Waals surface area contributed by atoms with E-state index in [4.69, 9.17) is 0 Å². The quantitative estimate of drug-likeness (QED) is 0.682. The van der Waals surface area contributed by atoms with Gasteiger partial charge in [-0.1, -0.05) is 6.92 Å². The van der Waals surface area contributed by atoms with Gasteiger partial charge >= 0.3 is 0 Å². The summed E-state index contributed by atoms with van der Waals surface area (Å²) in [6.45, 7) is 3.82. The van der Waals surface area contributed by atoms with Crippen molar-refractivity contribution < 1.29 is 0 Å². The molecule has 0 amide bonds. The van der Waals surface area contributed by atoms with Crippen LogP contribution in [0.25, 0.3) is 5.65 Å². The number of aromatic amines is 1. The summed E-state index contributed by atoms with van der Waals surface area (Å²) in [7, 11) is 0. The van der Waals surface area contributed by atoms with Crippen molar-refractivity contribution in [1.29, 1.82) is 0 Å². The van der Waals surface area contributed by atoms with Crippen LogP contribution >= 0.6 is 0 Å². The largest absolute Gasteiger partial charge is 0.295 e. The van der Waals surface area contributed by atoms with Gasteiger partial charge in [0.25, 0.3) is 0 Å². The maximum absolute atomic E-state index is 11.7. The van der Waals surface area contributed by atoms with E-state index in [1.165, 1.54) is 10.8 Å². The molecule has 0 saturated heterocycles. The van der Waals surface area contributed by atoms with E-state index in [2.05, 4.69) is 15.3 Å². The first kappa shape index (κ1) is 7.97. The highest BCUT2D eigenvalue weighted by atomic mass is 16.1. The third-order valence-electron chi connectivity index (χ3n) is 2.12. The minimum absolute atomic E-state index is 0.0312. The molecular weight excluding hydrogens is 168 g/mol. The van der Waals surface area contributed by atoms with Gasteiger partial charge in [0.2, 0.25) is 11.1 Å². The lowest BCUT2D eigenvalue weighted by atomic mass is 10.2. The molecule has 0 spiro atoms. The SMILES string of the molecule is CCc1c(C)[nH]n2cnnc2c1=O. The molecule has 5 heteroatoms. The van der Waals surface area contributed by atoms with Crippen LogP contribution in [0.1, 0.15) is 18.2 Å². The third-order valence-corrected chi connectivity index (χ3v) is 2.12. The molecule has 0 atom stereocenters. The van der Waals surface area contributed by atoms with E-state index in [0.717, 1.165) is 11.3 Å². The van der Waals surface area contributed by atoms with E-state index in [0.29, 0.717) is 12.1 Å². The van der Waals surface area contributed by atoms with Crippen molar-refractivity contribution in [2.75, 3.05) is 0 Å². The molecule has 0 saturated carbocycles. The Morgan fingerprint density at radius 3 is 3.08 bits per heavy atom. The average Bonchev–Trinajstić information content (AvgIpc) is 2.53. The van der Waals surface area contributed by atoms with Gasteiger partial charge in [-0.3, -0.25) is 9.89 Å². The van der Waals surface area contributed by atoms with Gasteiger partial charge in [0.1, 0.15) is 6.33 Å². The monoisotopic (exact) mass is 178 g/mol. The first-order valence-corrected chi connectivity index (χ1v) is 4.15. The molecule has 5 nitrogen and oxygen atoms in total. The number of nitrogens with zero attached hydrogens (tertiary/aromatic N) is 3. The smallest absolute Gasteiger partial charge is 0.229 e. The number of rotatable bonds is 1. The summed E-state index contributed by atoms with van der Waals surface area (Å²) >= 11 is 0. The lowest BCUT2D eigenvalue weighted by Crippen LogP contribution is -2.16. The first-order chi connectivity index (χ1) is 6.24. The Labute approximate surface area is 74.4 Å². The van der Waals surface area contributed by atoms with Gasteiger partial charge < -0.3 is 0 Å². The highest BCUT2D eigenvalue weighted by Crippen LogP contribution is 2.00. The predicted molar refractivity (Wildman–Crippen MR) is 47.7 cm³/mol. The molecule has 2 aromatic rings. The van der Waals surface area contributed by atoms with Crippen molar-refractivity contribution in [3.05, 3.63) is 27.8 Å². The summed E-state index contributed by atoms with van der Waals surface area (Å²) in [4.78, 5) is 11.7. The van der Waals surface area contributed by atoms with Crippen LogP contribution in [0.15, 0.2) is 11.1 Å². The zero-order valence-electron chi connectivity index (χ0n) is 7.53. The highest BCUT2D eigenvalue weighted by molar-refractivity contribution is 5.39. The number of fused-ring (bicyclic) bond motifs is 1. The molecule has 68 valence electrons. The summed E-state index contributed by atoms with van der Waals surface area (Å²) < 4.78 is 1.54. The van der Waals surface area contributed by atoms with Crippen LogP contribution in [0, 0.1) is 6.92 Å². The maximum atomic E-state index is 11.7. The summed E-state index contributed by atoms with van der Waals surface area (Å²) in [5, 5.41) is 10.4. The van der Waals surface area contributed by atoms with Gasteiger partial charge in [0, 0.05) is 11.3 Å². The molecule has 13 heavy (non-hydrogen) atoms. The second-order valence-electron chi connectivity index (χ2n) is 2.92. The minimum atomic E-state index is -0.0312. The molecule has 0 aliphatic rings. The lowest BCUT2D eigenvalue weighted by Gasteiger charge is -2.02. The summed E-state index contributed by atoms with van der Waals surface area (Å²) in [6.07, 6.45) is 2.20. The van der Waals surface area contributed by atoms with Gasteiger partial charge in [-0.2, -0.15) is 0 Å². The molecular formula is C8H10N4O. The van der Waals surface area contributed by atoms with E-state index < -0.39 is 0 Å². The highest BCUT2D eigenvalue weighted by Gasteiger charge is 2.08. The van der Waals surface area contributed by atoms with Crippen molar-refractivity contribution in [2.45, 2.75) is 20.3 Å². The van der Waals surface area contributed by atoms with Gasteiger partial charge in [0.15, 0.2) is 0 Å². The third kappa shape index (κ3) is 1.04. The number of hydrogen-bond donors (Lipinski definition) is 1. The Bertz CT molecular complexity index is 496. The van der Waals surface area contributed by atoms with E-state index >= 15 is 0 Å². The Kier molecular flexibility index (Phi) is 1.65. The number of H-pyrrole nitrogens is 1. The van der Waals surface area contributed by atoms with Crippen molar-refractivity contribution >= 4 is 5.65 Å². The molecule has 2 aromatic heterocycles. The Morgan fingerprint density at radius 1 is 1.62 bits per heavy atom. The number of aryl methyl sites for hydroxylation is 1. The van der Waals surface area contributed by atoms with Crippen molar-refractivity contribution in [2.24, 2.45) is 0 Å². The molecule has 2 heterocycles. The fourth-order valence-electron chi connectivity index (χ4n) is 1.45. The molecule has 0 radical (unpaired) electrons. The fraction of sp³-hybridized carbons (Fsp3) is 0.375. The zero-order valence-corrected chi connectivity index (χ0v) is 7.53. The molecule has 0 fully saturated rings. The molecule has 1 N–H and O–H groups in total. The standard InChI is InChI=1S/C8H10N4O/c1-3-6-5(2)11-12-4-9-10-8(12)7(6)13/h4,11H,3H2,1-2H3. The van der Waals surface area contributed by atoms with Crippen LogP contribution in [-0.2, 0) is 6.42 Å². The topological polar surface area (TPSA) is 63.1 Å². The number of nitrogens with one attached hydrogen (secondary N) is 1. The Balaban J connectivity index is 2.93. The van der Waals surface area contributed by atoms with Crippen LogP contribution < -0.4 is 5.43 Å². The second-order valence-corrected chi connectivity index (χ2v) is 2.92.